The maximum absolute atomic E-state index is 12.7. The van der Waals surface area contributed by atoms with Gasteiger partial charge in [0, 0.05) is 32.0 Å². The van der Waals surface area contributed by atoms with Crippen molar-refractivity contribution in [3.05, 3.63) is 52.2 Å². The van der Waals surface area contributed by atoms with E-state index in [1.54, 1.807) is 7.05 Å². The predicted molar refractivity (Wildman–Crippen MR) is 96.3 cm³/mol. The van der Waals surface area contributed by atoms with Gasteiger partial charge in [0.2, 0.25) is 5.91 Å². The standard InChI is InChI=1S/C19H22N4O4/c1-21-17(13-7-8-13)20-23(19(21)27)11-16(24)22-9-14(15(10-22)18(25)26)12-5-3-2-4-6-12/h2-6,13-15H,7-11H2,1H3,(H,25,26)/t14-,15+/m1/s1. The van der Waals surface area contributed by atoms with E-state index in [9.17, 15) is 19.5 Å². The maximum Gasteiger partial charge on any atom is 0.346 e. The van der Waals surface area contributed by atoms with Gasteiger partial charge in [0.15, 0.2) is 0 Å². The average molecular weight is 370 g/mol. The monoisotopic (exact) mass is 370 g/mol. The van der Waals surface area contributed by atoms with Crippen LogP contribution >= 0.6 is 0 Å². The third-order valence-electron chi connectivity index (χ3n) is 5.52. The van der Waals surface area contributed by atoms with Crippen LogP contribution in [0.5, 0.6) is 0 Å². The molecule has 0 bridgehead atoms. The molecule has 1 aliphatic heterocycles. The Labute approximate surface area is 156 Å². The second-order valence-corrected chi connectivity index (χ2v) is 7.39. The Kier molecular flexibility index (Phi) is 4.33. The number of hydrogen-bond acceptors (Lipinski definition) is 4. The molecule has 0 spiro atoms. The molecule has 2 aliphatic rings. The zero-order chi connectivity index (χ0) is 19.1. The second-order valence-electron chi connectivity index (χ2n) is 7.39. The summed E-state index contributed by atoms with van der Waals surface area (Å²) in [6, 6.07) is 9.39. The van der Waals surface area contributed by atoms with Crippen LogP contribution in [0, 0.1) is 5.92 Å². The molecule has 0 radical (unpaired) electrons. The summed E-state index contributed by atoms with van der Waals surface area (Å²) in [6.07, 6.45) is 2.03. The fraction of sp³-hybridized carbons (Fsp3) is 0.474. The van der Waals surface area contributed by atoms with E-state index in [0.717, 1.165) is 24.2 Å². The average Bonchev–Trinajstić information content (AvgIpc) is 3.34. The molecular weight excluding hydrogens is 348 g/mol. The van der Waals surface area contributed by atoms with Crippen molar-refractivity contribution in [1.82, 2.24) is 19.2 Å². The number of carbonyl (C=O) groups is 2. The number of amides is 1. The van der Waals surface area contributed by atoms with E-state index < -0.39 is 11.9 Å². The van der Waals surface area contributed by atoms with Crippen LogP contribution in [0.3, 0.4) is 0 Å². The summed E-state index contributed by atoms with van der Waals surface area (Å²) >= 11 is 0. The molecule has 4 rings (SSSR count). The molecular formula is C19H22N4O4. The highest BCUT2D eigenvalue weighted by Gasteiger charge is 2.40. The van der Waals surface area contributed by atoms with Crippen LogP contribution in [0.1, 0.15) is 36.1 Å². The third-order valence-corrected chi connectivity index (χ3v) is 5.52. The van der Waals surface area contributed by atoms with Crippen molar-refractivity contribution in [3.63, 3.8) is 0 Å². The zero-order valence-electron chi connectivity index (χ0n) is 15.1. The lowest BCUT2D eigenvalue weighted by Gasteiger charge is -2.16. The van der Waals surface area contributed by atoms with Gasteiger partial charge >= 0.3 is 11.7 Å². The number of carboxylic acid groups (broad SMARTS) is 1. The number of hydrogen-bond donors (Lipinski definition) is 1. The summed E-state index contributed by atoms with van der Waals surface area (Å²) in [4.78, 5) is 38.3. The van der Waals surface area contributed by atoms with Gasteiger partial charge in [0.25, 0.3) is 0 Å². The Morgan fingerprint density at radius 1 is 1.19 bits per heavy atom. The number of carboxylic acids is 1. The van der Waals surface area contributed by atoms with Gasteiger partial charge in [-0.25, -0.2) is 9.48 Å². The molecule has 2 atom stereocenters. The Balaban J connectivity index is 1.52. The van der Waals surface area contributed by atoms with Crippen molar-refractivity contribution >= 4 is 11.9 Å². The molecule has 142 valence electrons. The smallest absolute Gasteiger partial charge is 0.346 e. The summed E-state index contributed by atoms with van der Waals surface area (Å²) < 4.78 is 2.70. The van der Waals surface area contributed by atoms with Crippen molar-refractivity contribution in [2.75, 3.05) is 13.1 Å². The lowest BCUT2D eigenvalue weighted by atomic mass is 9.89. The van der Waals surface area contributed by atoms with Crippen LogP contribution in [0.2, 0.25) is 0 Å². The minimum atomic E-state index is -0.912. The van der Waals surface area contributed by atoms with E-state index in [2.05, 4.69) is 5.10 Å². The molecule has 27 heavy (non-hydrogen) atoms. The Bertz CT molecular complexity index is 929. The number of likely N-dealkylation sites (tertiary alicyclic amines) is 1. The number of nitrogens with zero attached hydrogens (tertiary/aromatic N) is 4. The first-order valence-corrected chi connectivity index (χ1v) is 9.15. The van der Waals surface area contributed by atoms with Crippen LogP contribution in [-0.2, 0) is 23.2 Å². The summed E-state index contributed by atoms with van der Waals surface area (Å²) in [7, 11) is 1.67. The van der Waals surface area contributed by atoms with Crippen LogP contribution in [0.4, 0.5) is 0 Å². The molecule has 8 heteroatoms. The molecule has 2 fully saturated rings. The van der Waals surface area contributed by atoms with Gasteiger partial charge in [-0.3, -0.25) is 14.2 Å². The minimum absolute atomic E-state index is 0.144. The Morgan fingerprint density at radius 3 is 2.52 bits per heavy atom. The van der Waals surface area contributed by atoms with E-state index in [4.69, 9.17) is 0 Å². The SMILES string of the molecule is Cn1c(C2CC2)nn(CC(=O)N2C[C@H](C(=O)O)[C@@H](c3ccccc3)C2)c1=O. The van der Waals surface area contributed by atoms with Crippen LogP contribution in [0.15, 0.2) is 35.1 Å². The van der Waals surface area contributed by atoms with Crippen molar-refractivity contribution in [1.29, 1.82) is 0 Å². The van der Waals surface area contributed by atoms with Crippen molar-refractivity contribution < 1.29 is 14.7 Å². The fourth-order valence-corrected chi connectivity index (χ4v) is 3.83. The molecule has 1 aromatic carbocycles. The predicted octanol–water partition coefficient (Wildman–Crippen LogP) is 0.786. The third kappa shape index (κ3) is 3.27. The lowest BCUT2D eigenvalue weighted by molar-refractivity contribution is -0.141. The molecule has 0 unspecified atom stereocenters. The van der Waals surface area contributed by atoms with Gasteiger partial charge < -0.3 is 10.0 Å². The molecule has 8 nitrogen and oxygen atoms in total. The molecule has 1 N–H and O–H groups in total. The first kappa shape index (κ1) is 17.5. The normalized spacial score (nSPS) is 22.2. The molecule has 2 heterocycles. The van der Waals surface area contributed by atoms with Gasteiger partial charge in [-0.15, -0.1) is 0 Å². The van der Waals surface area contributed by atoms with Gasteiger partial charge in [-0.2, -0.15) is 5.10 Å². The van der Waals surface area contributed by atoms with Gasteiger partial charge in [-0.05, 0) is 18.4 Å². The number of carbonyl (C=O) groups excluding carboxylic acids is 1. The molecule has 1 aromatic heterocycles. The number of aliphatic carboxylic acids is 1. The second kappa shape index (κ2) is 6.68. The largest absolute Gasteiger partial charge is 0.481 e. The Hall–Kier alpha value is -2.90. The number of aromatic nitrogens is 3. The topological polar surface area (TPSA) is 97.4 Å². The molecule has 1 saturated heterocycles. The summed E-state index contributed by atoms with van der Waals surface area (Å²) in [5.74, 6) is -1.06. The van der Waals surface area contributed by atoms with E-state index in [1.165, 1.54) is 14.1 Å². The van der Waals surface area contributed by atoms with Crippen molar-refractivity contribution in [2.45, 2.75) is 31.2 Å². The maximum atomic E-state index is 12.7. The van der Waals surface area contributed by atoms with E-state index in [-0.39, 0.29) is 30.6 Å². The van der Waals surface area contributed by atoms with E-state index in [0.29, 0.717) is 12.5 Å². The lowest BCUT2D eigenvalue weighted by Crippen LogP contribution is -2.36. The van der Waals surface area contributed by atoms with E-state index in [1.807, 2.05) is 30.3 Å². The quantitative estimate of drug-likeness (QED) is 0.839. The van der Waals surface area contributed by atoms with Crippen LogP contribution in [0.25, 0.3) is 0 Å². The van der Waals surface area contributed by atoms with Crippen molar-refractivity contribution in [2.24, 2.45) is 13.0 Å². The number of rotatable bonds is 5. The van der Waals surface area contributed by atoms with Gasteiger partial charge in [-0.1, -0.05) is 30.3 Å². The molecule has 1 saturated carbocycles. The first-order valence-electron chi connectivity index (χ1n) is 9.15. The zero-order valence-corrected chi connectivity index (χ0v) is 15.1. The van der Waals surface area contributed by atoms with Gasteiger partial charge in [0.05, 0.1) is 5.92 Å². The van der Waals surface area contributed by atoms with Crippen LogP contribution in [-0.4, -0.2) is 49.3 Å². The first-order chi connectivity index (χ1) is 13.0. The summed E-state index contributed by atoms with van der Waals surface area (Å²) in [5, 5.41) is 13.9. The highest BCUT2D eigenvalue weighted by atomic mass is 16.4. The molecule has 1 amide bonds. The number of benzene rings is 1. The van der Waals surface area contributed by atoms with Crippen LogP contribution < -0.4 is 5.69 Å². The Morgan fingerprint density at radius 2 is 1.89 bits per heavy atom. The van der Waals surface area contributed by atoms with E-state index >= 15 is 0 Å². The molecule has 2 aromatic rings. The highest BCUT2D eigenvalue weighted by molar-refractivity contribution is 5.79. The summed E-state index contributed by atoms with van der Waals surface area (Å²) in [6.45, 7) is 0.314. The van der Waals surface area contributed by atoms with Gasteiger partial charge in [0.1, 0.15) is 12.4 Å². The highest BCUT2D eigenvalue weighted by Crippen LogP contribution is 2.38. The minimum Gasteiger partial charge on any atom is -0.481 e. The van der Waals surface area contributed by atoms with Crippen molar-refractivity contribution in [3.8, 4) is 0 Å². The fourth-order valence-electron chi connectivity index (χ4n) is 3.83. The molecule has 1 aliphatic carbocycles. The summed E-state index contributed by atoms with van der Waals surface area (Å²) in [5.41, 5.74) is 0.602.